The van der Waals surface area contributed by atoms with Crippen LogP contribution in [-0.4, -0.2) is 98.1 Å². The largest absolute Gasteiger partial charge is 0.370 e. The van der Waals surface area contributed by atoms with Gasteiger partial charge in [-0.05, 0) is 40.0 Å². The molecule has 140 valence electrons. The highest BCUT2D eigenvalue weighted by Gasteiger charge is 2.21. The summed E-state index contributed by atoms with van der Waals surface area (Å²) >= 11 is 1.70. The molecule has 0 bridgehead atoms. The molecule has 8 heteroatoms. The Kier molecular flexibility index (Phi) is 6.50. The number of piperidine rings is 1. The first-order valence-electron chi connectivity index (χ1n) is 9.21. The molecule has 0 amide bonds. The predicted octanol–water partition coefficient (Wildman–Crippen LogP) is 0.606. The maximum Gasteiger partial charge on any atom is 0.191 e. The highest BCUT2D eigenvalue weighted by molar-refractivity contribution is 7.13. The van der Waals surface area contributed by atoms with Crippen LogP contribution in [0, 0.1) is 0 Å². The van der Waals surface area contributed by atoms with Crippen molar-refractivity contribution in [3.05, 3.63) is 11.6 Å². The number of likely N-dealkylation sites (tertiary alicyclic amines) is 1. The van der Waals surface area contributed by atoms with Crippen LogP contribution in [0.5, 0.6) is 0 Å². The van der Waals surface area contributed by atoms with Gasteiger partial charge in [0.05, 0.1) is 6.54 Å². The Bertz CT molecular complexity index is 529. The zero-order chi connectivity index (χ0) is 17.6. The smallest absolute Gasteiger partial charge is 0.191 e. The Hall–Kier alpha value is -1.38. The quantitative estimate of drug-likeness (QED) is 0.609. The Balaban J connectivity index is 1.37. The minimum absolute atomic E-state index is 0.696. The van der Waals surface area contributed by atoms with E-state index in [0.29, 0.717) is 5.96 Å². The lowest BCUT2D eigenvalue weighted by molar-refractivity contribution is 0.148. The molecule has 0 radical (unpaired) electrons. The Morgan fingerprint density at radius 1 is 1.24 bits per heavy atom. The van der Waals surface area contributed by atoms with E-state index in [4.69, 9.17) is 5.73 Å². The number of aliphatic imine (C=N–C) groups is 1. The molecule has 2 fully saturated rings. The summed E-state index contributed by atoms with van der Waals surface area (Å²) in [5.74, 6) is 0.696. The van der Waals surface area contributed by atoms with Crippen molar-refractivity contribution in [2.75, 3.05) is 71.4 Å². The molecule has 3 heterocycles. The monoisotopic (exact) mass is 365 g/mol. The summed E-state index contributed by atoms with van der Waals surface area (Å²) in [6, 6.07) is 0.735. The van der Waals surface area contributed by atoms with Gasteiger partial charge < -0.3 is 25.3 Å². The molecule has 0 saturated carbocycles. The fraction of sp³-hybridized carbons (Fsp3) is 0.765. The number of anilines is 1. The van der Waals surface area contributed by atoms with Crippen molar-refractivity contribution in [1.82, 2.24) is 19.7 Å². The van der Waals surface area contributed by atoms with Gasteiger partial charge in [-0.2, -0.15) is 0 Å². The number of nitrogens with two attached hydrogens (primary N) is 1. The number of rotatable bonds is 5. The summed E-state index contributed by atoms with van der Waals surface area (Å²) in [6.07, 6.45) is 4.37. The van der Waals surface area contributed by atoms with Gasteiger partial charge in [0.25, 0.3) is 0 Å². The molecule has 2 aliphatic rings. The van der Waals surface area contributed by atoms with E-state index >= 15 is 0 Å². The van der Waals surface area contributed by atoms with Crippen molar-refractivity contribution >= 4 is 22.4 Å². The molecule has 0 aromatic carbocycles. The third-order valence-corrected chi connectivity index (χ3v) is 6.10. The fourth-order valence-corrected chi connectivity index (χ4v) is 4.26. The first kappa shape index (κ1) is 18.4. The van der Waals surface area contributed by atoms with Gasteiger partial charge in [-0.15, -0.1) is 11.3 Å². The lowest BCUT2D eigenvalue weighted by Gasteiger charge is -2.36. The summed E-state index contributed by atoms with van der Waals surface area (Å²) < 4.78 is 0. The summed E-state index contributed by atoms with van der Waals surface area (Å²) in [4.78, 5) is 18.4. The first-order chi connectivity index (χ1) is 12.1. The number of piperazine rings is 1. The van der Waals surface area contributed by atoms with Gasteiger partial charge in [0.15, 0.2) is 11.1 Å². The van der Waals surface area contributed by atoms with E-state index in [9.17, 15) is 0 Å². The Morgan fingerprint density at radius 3 is 2.56 bits per heavy atom. The SMILES string of the molecule is CN(C)C1CCN(CCN=C(N)N2CCN(c3nccs3)CC2)CC1. The lowest BCUT2D eigenvalue weighted by atomic mass is 10.0. The standard InChI is InChI=1S/C17H31N7S/c1-21(2)15-3-7-22(8-4-15)9-5-19-16(18)23-10-12-24(13-11-23)17-20-6-14-25-17/h6,14-15H,3-5,7-13H2,1-2H3,(H2,18,19). The maximum atomic E-state index is 6.21. The number of aromatic nitrogens is 1. The van der Waals surface area contributed by atoms with Crippen LogP contribution in [0.15, 0.2) is 16.6 Å². The molecule has 1 aromatic heterocycles. The van der Waals surface area contributed by atoms with E-state index < -0.39 is 0 Å². The van der Waals surface area contributed by atoms with Gasteiger partial charge in [-0.1, -0.05) is 0 Å². The second kappa shape index (κ2) is 8.82. The summed E-state index contributed by atoms with van der Waals surface area (Å²) in [7, 11) is 4.36. The van der Waals surface area contributed by atoms with Crippen molar-refractivity contribution in [2.24, 2.45) is 10.7 Å². The van der Waals surface area contributed by atoms with E-state index in [-0.39, 0.29) is 0 Å². The van der Waals surface area contributed by atoms with E-state index in [0.717, 1.165) is 50.4 Å². The number of thiazole rings is 1. The van der Waals surface area contributed by atoms with Crippen LogP contribution in [0.1, 0.15) is 12.8 Å². The van der Waals surface area contributed by atoms with Crippen molar-refractivity contribution < 1.29 is 0 Å². The van der Waals surface area contributed by atoms with Crippen LogP contribution < -0.4 is 10.6 Å². The third-order valence-electron chi connectivity index (χ3n) is 5.27. The molecule has 0 aliphatic carbocycles. The summed E-state index contributed by atoms with van der Waals surface area (Å²) in [5.41, 5.74) is 6.21. The molecule has 0 spiro atoms. The zero-order valence-corrected chi connectivity index (χ0v) is 16.3. The van der Waals surface area contributed by atoms with E-state index in [1.54, 1.807) is 11.3 Å². The van der Waals surface area contributed by atoms with Crippen molar-refractivity contribution in [2.45, 2.75) is 18.9 Å². The fourth-order valence-electron chi connectivity index (χ4n) is 3.56. The van der Waals surface area contributed by atoms with Gasteiger partial charge in [0.2, 0.25) is 0 Å². The van der Waals surface area contributed by atoms with Crippen LogP contribution >= 0.6 is 11.3 Å². The maximum absolute atomic E-state index is 6.21. The van der Waals surface area contributed by atoms with Crippen LogP contribution in [0.4, 0.5) is 5.13 Å². The van der Waals surface area contributed by atoms with Crippen LogP contribution in [0.2, 0.25) is 0 Å². The topological polar surface area (TPSA) is 64.2 Å². The number of nitrogens with zero attached hydrogens (tertiary/aromatic N) is 6. The van der Waals surface area contributed by atoms with E-state index in [2.05, 4.69) is 43.7 Å². The minimum atomic E-state index is 0.696. The number of hydrogen-bond acceptors (Lipinski definition) is 6. The normalized spacial score (nSPS) is 21.3. The third kappa shape index (κ3) is 5.05. The van der Waals surface area contributed by atoms with Crippen molar-refractivity contribution in [3.63, 3.8) is 0 Å². The van der Waals surface area contributed by atoms with Gasteiger partial charge in [-0.25, -0.2) is 4.98 Å². The second-order valence-electron chi connectivity index (χ2n) is 7.07. The van der Waals surface area contributed by atoms with E-state index in [1.165, 1.54) is 25.9 Å². The molecule has 2 aliphatic heterocycles. The summed E-state index contributed by atoms with van der Waals surface area (Å²) in [5, 5.41) is 3.13. The highest BCUT2D eigenvalue weighted by atomic mass is 32.1. The van der Waals surface area contributed by atoms with Crippen LogP contribution in [-0.2, 0) is 0 Å². The van der Waals surface area contributed by atoms with Crippen LogP contribution in [0.25, 0.3) is 0 Å². The minimum Gasteiger partial charge on any atom is -0.370 e. The molecule has 2 saturated heterocycles. The molecule has 2 N–H and O–H groups in total. The molecule has 3 rings (SSSR count). The van der Waals surface area contributed by atoms with E-state index in [1.807, 2.05) is 11.6 Å². The predicted molar refractivity (Wildman–Crippen MR) is 106 cm³/mol. The van der Waals surface area contributed by atoms with Crippen LogP contribution in [0.3, 0.4) is 0 Å². The molecule has 1 aromatic rings. The molecular weight excluding hydrogens is 334 g/mol. The first-order valence-corrected chi connectivity index (χ1v) is 10.1. The van der Waals surface area contributed by atoms with Gasteiger partial charge in [-0.3, -0.25) is 4.99 Å². The molecular formula is C17H31N7S. The average Bonchev–Trinajstić information content (AvgIpc) is 3.17. The zero-order valence-electron chi connectivity index (χ0n) is 15.5. The number of guanidine groups is 1. The number of hydrogen-bond donors (Lipinski definition) is 1. The highest BCUT2D eigenvalue weighted by Crippen LogP contribution is 2.18. The van der Waals surface area contributed by atoms with Gasteiger partial charge in [0.1, 0.15) is 0 Å². The van der Waals surface area contributed by atoms with Gasteiger partial charge in [0, 0.05) is 50.3 Å². The van der Waals surface area contributed by atoms with Gasteiger partial charge >= 0.3 is 0 Å². The molecule has 0 atom stereocenters. The Morgan fingerprint density at radius 2 is 1.96 bits per heavy atom. The average molecular weight is 366 g/mol. The van der Waals surface area contributed by atoms with Crippen molar-refractivity contribution in [3.8, 4) is 0 Å². The molecule has 7 nitrogen and oxygen atoms in total. The summed E-state index contributed by atoms with van der Waals surface area (Å²) in [6.45, 7) is 7.91. The lowest BCUT2D eigenvalue weighted by Crippen LogP contribution is -2.51. The molecule has 0 unspecified atom stereocenters. The Labute approximate surface area is 155 Å². The van der Waals surface area contributed by atoms with Crippen molar-refractivity contribution in [1.29, 1.82) is 0 Å². The second-order valence-corrected chi connectivity index (χ2v) is 7.94. The molecule has 25 heavy (non-hydrogen) atoms.